The molecule has 0 aliphatic rings. The molecule has 0 fully saturated rings. The van der Waals surface area contributed by atoms with Gasteiger partial charge >= 0.3 is 0 Å². The van der Waals surface area contributed by atoms with E-state index >= 15 is 0 Å². The van der Waals surface area contributed by atoms with Crippen molar-refractivity contribution in [3.05, 3.63) is 34.7 Å². The molecule has 5 nitrogen and oxygen atoms in total. The number of nitrogens with two attached hydrogens (primary N) is 1. The van der Waals surface area contributed by atoms with E-state index in [1.54, 1.807) is 18.3 Å². The van der Waals surface area contributed by atoms with Crippen molar-refractivity contribution < 1.29 is 0 Å². The molecule has 0 bridgehead atoms. The summed E-state index contributed by atoms with van der Waals surface area (Å²) in [6, 6.07) is 4.85. The van der Waals surface area contributed by atoms with Gasteiger partial charge in [-0.1, -0.05) is 0 Å². The number of nitrogen functional groups attached to an aromatic ring is 1. The van der Waals surface area contributed by atoms with E-state index in [1.165, 1.54) is 6.07 Å². The van der Waals surface area contributed by atoms with Crippen molar-refractivity contribution in [2.24, 2.45) is 0 Å². The number of rotatable bonds is 1. The van der Waals surface area contributed by atoms with Crippen LogP contribution >= 0.6 is 0 Å². The van der Waals surface area contributed by atoms with Gasteiger partial charge in [-0.15, -0.1) is 0 Å². The molecule has 13 heavy (non-hydrogen) atoms. The van der Waals surface area contributed by atoms with E-state index in [9.17, 15) is 4.79 Å². The summed E-state index contributed by atoms with van der Waals surface area (Å²) in [5.74, 6) is 0.432. The van der Waals surface area contributed by atoms with Gasteiger partial charge in [-0.05, 0) is 6.07 Å². The summed E-state index contributed by atoms with van der Waals surface area (Å²) in [5.41, 5.74) is 6.94. The van der Waals surface area contributed by atoms with Gasteiger partial charge in [-0.25, -0.2) is 0 Å². The van der Waals surface area contributed by atoms with Crippen LogP contribution in [0.4, 0.5) is 5.82 Å². The summed E-state index contributed by atoms with van der Waals surface area (Å²) in [5, 5.41) is 6.52. The third-order valence-corrected chi connectivity index (χ3v) is 1.69. The molecular formula is C8H8N4O. The zero-order chi connectivity index (χ0) is 9.26. The fourth-order valence-electron chi connectivity index (χ4n) is 1.06. The molecule has 0 aliphatic heterocycles. The molecule has 0 spiro atoms. The SMILES string of the molecule is Nc1cc(-c2ccc(=O)[nH]c2)[nH]n1. The Balaban J connectivity index is 2.47. The van der Waals surface area contributed by atoms with Gasteiger partial charge < -0.3 is 10.7 Å². The van der Waals surface area contributed by atoms with E-state index < -0.39 is 0 Å². The topological polar surface area (TPSA) is 87.6 Å². The molecule has 2 rings (SSSR count). The standard InChI is InChI=1S/C8H8N4O/c9-7-3-6(11-12-7)5-1-2-8(13)10-4-5/h1-4H,(H,10,13)(H3,9,11,12). The normalized spacial score (nSPS) is 10.2. The summed E-state index contributed by atoms with van der Waals surface area (Å²) in [6.45, 7) is 0. The van der Waals surface area contributed by atoms with Crippen LogP contribution in [0.1, 0.15) is 0 Å². The lowest BCUT2D eigenvalue weighted by molar-refractivity contribution is 1.10. The van der Waals surface area contributed by atoms with Gasteiger partial charge in [0, 0.05) is 23.9 Å². The molecule has 2 heterocycles. The van der Waals surface area contributed by atoms with Crippen molar-refractivity contribution in [3.63, 3.8) is 0 Å². The first-order chi connectivity index (χ1) is 6.25. The monoisotopic (exact) mass is 176 g/mol. The average molecular weight is 176 g/mol. The van der Waals surface area contributed by atoms with Crippen LogP contribution in [0.5, 0.6) is 0 Å². The second-order valence-corrected chi connectivity index (χ2v) is 2.65. The van der Waals surface area contributed by atoms with E-state index in [4.69, 9.17) is 5.73 Å². The lowest BCUT2D eigenvalue weighted by Gasteiger charge is -1.93. The predicted octanol–water partition coefficient (Wildman–Crippen LogP) is 0.347. The smallest absolute Gasteiger partial charge is 0.247 e. The zero-order valence-electron chi connectivity index (χ0n) is 6.74. The number of hydrogen-bond acceptors (Lipinski definition) is 3. The third kappa shape index (κ3) is 1.44. The first-order valence-electron chi connectivity index (χ1n) is 3.76. The van der Waals surface area contributed by atoms with Crippen LogP contribution in [-0.2, 0) is 0 Å². The number of nitrogens with zero attached hydrogens (tertiary/aromatic N) is 1. The van der Waals surface area contributed by atoms with Crippen molar-refractivity contribution in [1.82, 2.24) is 15.2 Å². The molecule has 4 N–H and O–H groups in total. The lowest BCUT2D eigenvalue weighted by atomic mass is 10.2. The fourth-order valence-corrected chi connectivity index (χ4v) is 1.06. The quantitative estimate of drug-likeness (QED) is 0.585. The van der Waals surface area contributed by atoms with Crippen molar-refractivity contribution >= 4 is 5.82 Å². The van der Waals surface area contributed by atoms with Crippen LogP contribution in [0.3, 0.4) is 0 Å². The first-order valence-corrected chi connectivity index (χ1v) is 3.76. The number of pyridine rings is 1. The fraction of sp³-hybridized carbons (Fsp3) is 0. The first kappa shape index (κ1) is 7.60. The van der Waals surface area contributed by atoms with Crippen LogP contribution in [0, 0.1) is 0 Å². The Morgan fingerprint density at radius 1 is 1.38 bits per heavy atom. The second kappa shape index (κ2) is 2.78. The van der Waals surface area contributed by atoms with Crippen molar-refractivity contribution in [2.45, 2.75) is 0 Å². The summed E-state index contributed by atoms with van der Waals surface area (Å²) >= 11 is 0. The molecule has 0 saturated carbocycles. The Morgan fingerprint density at radius 3 is 2.77 bits per heavy atom. The van der Waals surface area contributed by atoms with Crippen LogP contribution < -0.4 is 11.3 Å². The second-order valence-electron chi connectivity index (χ2n) is 2.65. The van der Waals surface area contributed by atoms with Crippen LogP contribution in [-0.4, -0.2) is 15.2 Å². The summed E-state index contributed by atoms with van der Waals surface area (Å²) in [6.07, 6.45) is 1.61. The van der Waals surface area contributed by atoms with E-state index in [-0.39, 0.29) is 5.56 Å². The van der Waals surface area contributed by atoms with Gasteiger partial charge in [0.25, 0.3) is 0 Å². The molecule has 0 radical (unpaired) electrons. The maximum Gasteiger partial charge on any atom is 0.247 e. The molecule has 66 valence electrons. The van der Waals surface area contributed by atoms with E-state index in [2.05, 4.69) is 15.2 Å². The molecule has 0 saturated heterocycles. The molecule has 0 atom stereocenters. The minimum Gasteiger partial charge on any atom is -0.382 e. The van der Waals surface area contributed by atoms with E-state index in [0.717, 1.165) is 11.3 Å². The molecule has 2 aromatic rings. The Labute approximate surface area is 73.6 Å². The van der Waals surface area contributed by atoms with Crippen molar-refractivity contribution in [3.8, 4) is 11.3 Å². The Bertz CT molecular complexity index is 450. The van der Waals surface area contributed by atoms with Gasteiger partial charge in [0.2, 0.25) is 5.56 Å². The number of hydrogen-bond donors (Lipinski definition) is 3. The van der Waals surface area contributed by atoms with Crippen LogP contribution in [0.15, 0.2) is 29.2 Å². The minimum absolute atomic E-state index is 0.128. The summed E-state index contributed by atoms with van der Waals surface area (Å²) < 4.78 is 0. The molecule has 0 amide bonds. The summed E-state index contributed by atoms with van der Waals surface area (Å²) in [4.78, 5) is 13.3. The van der Waals surface area contributed by atoms with Gasteiger partial charge in [0.05, 0.1) is 5.69 Å². The van der Waals surface area contributed by atoms with E-state index in [0.29, 0.717) is 5.82 Å². The highest BCUT2D eigenvalue weighted by atomic mass is 16.1. The third-order valence-electron chi connectivity index (χ3n) is 1.69. The van der Waals surface area contributed by atoms with Crippen LogP contribution in [0.2, 0.25) is 0 Å². The van der Waals surface area contributed by atoms with Crippen molar-refractivity contribution in [1.29, 1.82) is 0 Å². The highest BCUT2D eigenvalue weighted by molar-refractivity contribution is 5.60. The van der Waals surface area contributed by atoms with Gasteiger partial charge in [-0.2, -0.15) is 5.10 Å². The Morgan fingerprint density at radius 2 is 2.23 bits per heavy atom. The molecule has 0 aliphatic carbocycles. The molecule has 0 unspecified atom stereocenters. The molecule has 2 aromatic heterocycles. The van der Waals surface area contributed by atoms with E-state index in [1.807, 2.05) is 0 Å². The Hall–Kier alpha value is -2.04. The van der Waals surface area contributed by atoms with Gasteiger partial charge in [0.15, 0.2) is 0 Å². The van der Waals surface area contributed by atoms with Crippen molar-refractivity contribution in [2.75, 3.05) is 5.73 Å². The van der Waals surface area contributed by atoms with Crippen LogP contribution in [0.25, 0.3) is 11.3 Å². The highest BCUT2D eigenvalue weighted by Gasteiger charge is 1.99. The number of H-pyrrole nitrogens is 2. The average Bonchev–Trinajstić information content (AvgIpc) is 2.53. The highest BCUT2D eigenvalue weighted by Crippen LogP contribution is 2.15. The number of nitrogens with one attached hydrogen (secondary N) is 2. The minimum atomic E-state index is -0.128. The maximum atomic E-state index is 10.8. The molecular weight excluding hydrogens is 168 g/mol. The largest absolute Gasteiger partial charge is 0.382 e. The van der Waals surface area contributed by atoms with Gasteiger partial charge in [0.1, 0.15) is 5.82 Å². The maximum absolute atomic E-state index is 10.8. The predicted molar refractivity (Wildman–Crippen MR) is 49.1 cm³/mol. The lowest BCUT2D eigenvalue weighted by Crippen LogP contribution is -2.01. The number of aromatic amines is 2. The summed E-state index contributed by atoms with van der Waals surface area (Å²) in [7, 11) is 0. The molecule has 0 aromatic carbocycles. The van der Waals surface area contributed by atoms with Gasteiger partial charge in [-0.3, -0.25) is 9.89 Å². The number of anilines is 1. The molecule has 5 heteroatoms. The Kier molecular flexibility index (Phi) is 1.63. The number of aromatic nitrogens is 3. The zero-order valence-corrected chi connectivity index (χ0v) is 6.74.